The lowest BCUT2D eigenvalue weighted by atomic mass is 10.3. The second-order valence-corrected chi connectivity index (χ2v) is 2.78. The third-order valence-corrected chi connectivity index (χ3v) is 1.47. The molecule has 2 nitrogen and oxygen atoms in total. The maximum absolute atomic E-state index is 8.52. The van der Waals surface area contributed by atoms with Gasteiger partial charge in [0.2, 0.25) is 0 Å². The van der Waals surface area contributed by atoms with Gasteiger partial charge in [0.15, 0.2) is 0 Å². The van der Waals surface area contributed by atoms with Crippen LogP contribution in [0.25, 0.3) is 0 Å². The molecule has 16 heavy (non-hydrogen) atoms. The van der Waals surface area contributed by atoms with E-state index >= 15 is 0 Å². The zero-order chi connectivity index (χ0) is 11.9. The van der Waals surface area contributed by atoms with Crippen LogP contribution in [0.5, 0.6) is 0 Å². The summed E-state index contributed by atoms with van der Waals surface area (Å²) in [4.78, 5) is 0. The molecule has 2 heteroatoms. The standard InChI is InChI=1S/C14H16O2/c15-13-11-9-7-5-3-1-2-4-6-8-10-12-14-16/h1,3,5,7,10,12,15-16H,9,11,13-14H2/b3-1+,7-5+,12-10+. The molecule has 84 valence electrons. The van der Waals surface area contributed by atoms with Crippen LogP contribution in [0.15, 0.2) is 36.5 Å². The first-order chi connectivity index (χ1) is 7.91. The first kappa shape index (κ1) is 14.3. The summed E-state index contributed by atoms with van der Waals surface area (Å²) in [5.41, 5.74) is 0. The van der Waals surface area contributed by atoms with Crippen molar-refractivity contribution in [2.75, 3.05) is 13.2 Å². The van der Waals surface area contributed by atoms with Gasteiger partial charge in [0.05, 0.1) is 6.61 Å². The second-order valence-electron chi connectivity index (χ2n) is 2.78. The molecule has 0 saturated heterocycles. The molecule has 0 amide bonds. The minimum Gasteiger partial charge on any atom is -0.396 e. The van der Waals surface area contributed by atoms with Crippen LogP contribution < -0.4 is 0 Å². The molecule has 0 aromatic rings. The maximum Gasteiger partial charge on any atom is 0.0621 e. The van der Waals surface area contributed by atoms with Gasteiger partial charge in [-0.1, -0.05) is 36.1 Å². The van der Waals surface area contributed by atoms with Crippen molar-refractivity contribution in [1.82, 2.24) is 0 Å². The molecule has 0 spiro atoms. The van der Waals surface area contributed by atoms with Gasteiger partial charge in [0.25, 0.3) is 0 Å². The first-order valence-corrected chi connectivity index (χ1v) is 5.11. The molecule has 0 rings (SSSR count). The Morgan fingerprint density at radius 2 is 1.62 bits per heavy atom. The molecular weight excluding hydrogens is 200 g/mol. The molecule has 0 fully saturated rings. The van der Waals surface area contributed by atoms with Crippen LogP contribution in [0.2, 0.25) is 0 Å². The molecule has 0 aromatic carbocycles. The van der Waals surface area contributed by atoms with E-state index in [-0.39, 0.29) is 13.2 Å². The highest BCUT2D eigenvalue weighted by Gasteiger charge is 1.75. The van der Waals surface area contributed by atoms with E-state index in [2.05, 4.69) is 23.7 Å². The summed E-state index contributed by atoms with van der Waals surface area (Å²) in [6, 6.07) is 0. The van der Waals surface area contributed by atoms with E-state index < -0.39 is 0 Å². The Morgan fingerprint density at radius 3 is 2.31 bits per heavy atom. The summed E-state index contributed by atoms with van der Waals surface area (Å²) in [5.74, 6) is 10.7. The Balaban J connectivity index is 3.73. The molecule has 0 aromatic heterocycles. The Bertz CT molecular complexity index is 354. The minimum atomic E-state index is 0.000641. The molecule has 0 unspecified atom stereocenters. The van der Waals surface area contributed by atoms with Gasteiger partial charge in [0, 0.05) is 6.61 Å². The van der Waals surface area contributed by atoms with Crippen LogP contribution in [0.3, 0.4) is 0 Å². The fourth-order valence-corrected chi connectivity index (χ4v) is 0.755. The lowest BCUT2D eigenvalue weighted by Crippen LogP contribution is -1.77. The SMILES string of the molecule is OC/C=C/C#CC#C/C=C/C=C/CCCO. The van der Waals surface area contributed by atoms with E-state index in [1.807, 2.05) is 18.2 Å². The van der Waals surface area contributed by atoms with Crippen LogP contribution in [0.4, 0.5) is 0 Å². The van der Waals surface area contributed by atoms with Crippen molar-refractivity contribution in [1.29, 1.82) is 0 Å². The van der Waals surface area contributed by atoms with Crippen molar-refractivity contribution in [3.63, 3.8) is 0 Å². The van der Waals surface area contributed by atoms with Gasteiger partial charge in [-0.05, 0) is 36.8 Å². The zero-order valence-corrected chi connectivity index (χ0v) is 9.19. The smallest absolute Gasteiger partial charge is 0.0621 e. The van der Waals surface area contributed by atoms with E-state index in [0.29, 0.717) is 0 Å². The average Bonchev–Trinajstić information content (AvgIpc) is 2.31. The lowest BCUT2D eigenvalue weighted by Gasteiger charge is -1.84. The van der Waals surface area contributed by atoms with Gasteiger partial charge < -0.3 is 10.2 Å². The van der Waals surface area contributed by atoms with Crippen molar-refractivity contribution >= 4 is 0 Å². The molecule has 0 saturated carbocycles. The quantitative estimate of drug-likeness (QED) is 0.414. The number of aliphatic hydroxyl groups is 2. The normalized spacial score (nSPS) is 10.4. The van der Waals surface area contributed by atoms with E-state index in [9.17, 15) is 0 Å². The van der Waals surface area contributed by atoms with Gasteiger partial charge in [-0.3, -0.25) is 0 Å². The topological polar surface area (TPSA) is 40.5 Å². The van der Waals surface area contributed by atoms with Gasteiger partial charge in [-0.15, -0.1) is 0 Å². The summed E-state index contributed by atoms with van der Waals surface area (Å²) in [5, 5.41) is 16.9. The van der Waals surface area contributed by atoms with E-state index in [0.717, 1.165) is 12.8 Å². The number of unbranched alkanes of at least 4 members (excludes halogenated alkanes) is 1. The number of rotatable bonds is 5. The average molecular weight is 216 g/mol. The van der Waals surface area contributed by atoms with Crippen LogP contribution in [-0.2, 0) is 0 Å². The number of allylic oxidation sites excluding steroid dienone is 5. The van der Waals surface area contributed by atoms with Crippen LogP contribution in [-0.4, -0.2) is 23.4 Å². The van der Waals surface area contributed by atoms with E-state index in [1.165, 1.54) is 0 Å². The highest BCUT2D eigenvalue weighted by atomic mass is 16.3. The molecule has 0 aliphatic rings. The third kappa shape index (κ3) is 12.3. The van der Waals surface area contributed by atoms with Crippen LogP contribution in [0, 0.1) is 23.7 Å². The Hall–Kier alpha value is -1.74. The molecule has 0 aliphatic carbocycles. The molecule has 0 bridgehead atoms. The maximum atomic E-state index is 8.52. The van der Waals surface area contributed by atoms with Crippen molar-refractivity contribution < 1.29 is 10.2 Å². The Kier molecular flexibility index (Phi) is 11.8. The largest absolute Gasteiger partial charge is 0.396 e. The molecule has 0 heterocycles. The number of aliphatic hydroxyl groups excluding tert-OH is 2. The highest BCUT2D eigenvalue weighted by molar-refractivity contribution is 5.34. The van der Waals surface area contributed by atoms with Gasteiger partial charge in [0.1, 0.15) is 0 Å². The van der Waals surface area contributed by atoms with Gasteiger partial charge >= 0.3 is 0 Å². The van der Waals surface area contributed by atoms with Crippen LogP contribution >= 0.6 is 0 Å². The number of hydrogen-bond acceptors (Lipinski definition) is 2. The highest BCUT2D eigenvalue weighted by Crippen LogP contribution is 1.88. The van der Waals surface area contributed by atoms with Crippen molar-refractivity contribution in [3.05, 3.63) is 36.5 Å². The van der Waals surface area contributed by atoms with Gasteiger partial charge in [-0.25, -0.2) is 0 Å². The summed E-state index contributed by atoms with van der Waals surface area (Å²) < 4.78 is 0. The molecular formula is C14H16O2. The monoisotopic (exact) mass is 216 g/mol. The van der Waals surface area contributed by atoms with Crippen molar-refractivity contribution in [2.24, 2.45) is 0 Å². The third-order valence-electron chi connectivity index (χ3n) is 1.47. The lowest BCUT2D eigenvalue weighted by molar-refractivity contribution is 0.289. The fourth-order valence-electron chi connectivity index (χ4n) is 0.755. The fraction of sp³-hybridized carbons (Fsp3) is 0.286. The zero-order valence-electron chi connectivity index (χ0n) is 9.19. The van der Waals surface area contributed by atoms with E-state index in [4.69, 9.17) is 10.2 Å². The Labute approximate surface area is 97.0 Å². The van der Waals surface area contributed by atoms with Crippen molar-refractivity contribution in [2.45, 2.75) is 12.8 Å². The molecule has 2 N–H and O–H groups in total. The van der Waals surface area contributed by atoms with Crippen LogP contribution in [0.1, 0.15) is 12.8 Å². The predicted octanol–water partition coefficient (Wildman–Crippen LogP) is 1.43. The van der Waals surface area contributed by atoms with Gasteiger partial charge in [-0.2, -0.15) is 0 Å². The summed E-state index contributed by atoms with van der Waals surface area (Å²) in [6.45, 7) is 0.228. The summed E-state index contributed by atoms with van der Waals surface area (Å²) >= 11 is 0. The first-order valence-electron chi connectivity index (χ1n) is 5.11. The summed E-state index contributed by atoms with van der Waals surface area (Å²) in [6.07, 6.45) is 12.2. The van der Waals surface area contributed by atoms with E-state index in [1.54, 1.807) is 18.2 Å². The predicted molar refractivity (Wildman–Crippen MR) is 66.4 cm³/mol. The Morgan fingerprint density at radius 1 is 0.875 bits per heavy atom. The molecule has 0 atom stereocenters. The second kappa shape index (κ2) is 13.3. The minimum absolute atomic E-state index is 0.000641. The molecule has 0 aliphatic heterocycles. The number of hydrogen-bond donors (Lipinski definition) is 2. The van der Waals surface area contributed by atoms with Crippen molar-refractivity contribution in [3.8, 4) is 23.7 Å². The molecule has 0 radical (unpaired) electrons. The summed E-state index contributed by atoms with van der Waals surface area (Å²) in [7, 11) is 0.